The number of carboxylic acid groups (broad SMARTS) is 2. The molecule has 0 bridgehead atoms. The Bertz CT molecular complexity index is 5630. The van der Waals surface area contributed by atoms with E-state index in [0.29, 0.717) is 12.4 Å². The van der Waals surface area contributed by atoms with E-state index in [-0.39, 0.29) is 118 Å². The van der Waals surface area contributed by atoms with E-state index in [2.05, 4.69) is 50.7 Å². The lowest BCUT2D eigenvalue weighted by atomic mass is 9.89. The first-order valence-corrected chi connectivity index (χ1v) is 36.6. The van der Waals surface area contributed by atoms with E-state index in [1.165, 1.54) is 43.0 Å². The zero-order valence-electron chi connectivity index (χ0n) is 64.6. The predicted octanol–water partition coefficient (Wildman–Crippen LogP) is 8.20. The molecule has 33 nitrogen and oxygen atoms in total. The fourth-order valence-corrected chi connectivity index (χ4v) is 15.0. The third-order valence-corrected chi connectivity index (χ3v) is 21.4. The number of nitrogens with zero attached hydrogens (tertiary/aromatic N) is 10. The molecule has 0 spiro atoms. The number of anilines is 2. The number of pyridine rings is 3. The van der Waals surface area contributed by atoms with Crippen molar-refractivity contribution < 1.29 is 166 Å². The van der Waals surface area contributed by atoms with Crippen LogP contribution < -0.4 is 31.4 Å². The molecule has 15 heterocycles. The number of fused-ring (bicyclic) bond motifs is 5. The number of amides is 5. The highest BCUT2D eigenvalue weighted by Gasteiger charge is 2.64. The third kappa shape index (κ3) is 17.0. The molecule has 0 aromatic carbocycles. The van der Waals surface area contributed by atoms with Gasteiger partial charge in [0.1, 0.15) is 64.4 Å². The SMILES string of the molecule is C.Cc1c(C(=O)C(=O)NC2(C(C)(F)F)COC2)c2n(c1C(=O)On1nnc3cccnc31)C[C@H](F)C2.Cc1c(C(=O)C(=O)NC2(C(F)(F)F)COC2)c2n(c1C(=O)Nc1ccnc(C(F)F)c1F)C[C@H](F)C2.Cc1c(C(=O)C(=O)NC2(C(F)(F)F)COC2)c2n(c1C(=O)Nc1ccnc(C(F)F)c1F)C[C@H](F)C2.Cc1c(C(=O)C(=O)O)c2n(c1C(=O)O)C[C@H](F)C2. The number of ether oxygens (including phenoxy) is 3. The van der Waals surface area contributed by atoms with Gasteiger partial charge in [0.15, 0.2) is 28.3 Å². The number of ketones is 4. The van der Waals surface area contributed by atoms with Crippen molar-refractivity contribution in [3.8, 4) is 0 Å². The smallest absolute Gasteiger partial charge is 0.416 e. The van der Waals surface area contributed by atoms with Gasteiger partial charge in [-0.25, -0.2) is 72.1 Å². The Morgan fingerprint density at radius 3 is 1.14 bits per heavy atom. The Morgan fingerprint density at radius 1 is 0.484 bits per heavy atom. The van der Waals surface area contributed by atoms with Gasteiger partial charge in [-0.15, -0.1) is 5.10 Å². The quantitative estimate of drug-likeness (QED) is 0.0154. The van der Waals surface area contributed by atoms with E-state index in [9.17, 15) is 137 Å². The van der Waals surface area contributed by atoms with Gasteiger partial charge in [-0.3, -0.25) is 53.1 Å². The maximum atomic E-state index is 14.3. The largest absolute Gasteiger partial charge is 0.477 e. The lowest BCUT2D eigenvalue weighted by Crippen LogP contribution is -2.71. The second-order valence-corrected chi connectivity index (χ2v) is 29.5. The minimum absolute atomic E-state index is 0. The number of halogens is 18. The van der Waals surface area contributed by atoms with Crippen LogP contribution in [0.3, 0.4) is 0 Å². The van der Waals surface area contributed by atoms with E-state index in [4.69, 9.17) is 19.8 Å². The fourth-order valence-electron chi connectivity index (χ4n) is 15.0. The molecule has 0 saturated carbocycles. The minimum atomic E-state index is -4.92. The highest BCUT2D eigenvalue weighted by molar-refractivity contribution is 6.45. The zero-order valence-corrected chi connectivity index (χ0v) is 64.6. The molecule has 126 heavy (non-hydrogen) atoms. The summed E-state index contributed by atoms with van der Waals surface area (Å²) >= 11 is 0. The molecule has 7 aliphatic heterocycles. The first-order valence-electron chi connectivity index (χ1n) is 36.6. The molecule has 15 rings (SSSR count). The van der Waals surface area contributed by atoms with Gasteiger partial charge < -0.3 is 74.1 Å². The monoisotopic (exact) mass is 1810 g/mol. The Morgan fingerprint density at radius 2 is 0.817 bits per heavy atom. The van der Waals surface area contributed by atoms with Crippen LogP contribution in [0.5, 0.6) is 0 Å². The summed E-state index contributed by atoms with van der Waals surface area (Å²) in [5.41, 5.74) is -13.5. The number of aromatic carboxylic acids is 1. The van der Waals surface area contributed by atoms with Crippen molar-refractivity contribution in [3.05, 3.63) is 156 Å². The summed E-state index contributed by atoms with van der Waals surface area (Å²) in [6, 6.07) is 5.02. The molecule has 7 N–H and O–H groups in total. The van der Waals surface area contributed by atoms with Crippen molar-refractivity contribution in [2.45, 2.75) is 166 Å². The van der Waals surface area contributed by atoms with Crippen LogP contribution in [-0.2, 0) is 85.3 Å². The average molecular weight is 1810 g/mol. The summed E-state index contributed by atoms with van der Waals surface area (Å²) in [6.45, 7) is -0.0529. The van der Waals surface area contributed by atoms with Crippen LogP contribution in [0.15, 0.2) is 42.9 Å². The van der Waals surface area contributed by atoms with Crippen molar-refractivity contribution >= 4 is 93.1 Å². The standard InChI is InChI=1S/2C21H17F7N4O4.C21H19F3N6O5.C11H10FNO5.CH4/c2*1-8-12(16(33)19(35)31-20(6-36-7-20)21(26,27)28)11-4-9(22)5-32(11)15(8)18(34)30-10-2-3-29-14(13(10)23)17(24)25;1-10-14(16(31)18(32)26-21(8-34-9-21)20(2,23)24)13-6-11(22)7-29(13)15(10)19(33)35-30-17-12(27-28-30)4-3-5-25-17;1-4-7(9(14)11(17)18)6-2-5(12)3-13(6)8(4)10(15)16;/h2*2-3,9,17H,4-7H2,1H3,(H,31,35)(H,29,30,34);3-5,11H,6-9H2,1-2H3,(H,26,32);5H,2-3H2,1H3,(H,15,16)(H,17,18);1H4/t2*9-;11-;5-;/m1111./s1. The van der Waals surface area contributed by atoms with Gasteiger partial charge in [0.25, 0.3) is 71.4 Å². The number of rotatable bonds is 21. The zero-order chi connectivity index (χ0) is 91.9. The van der Waals surface area contributed by atoms with Gasteiger partial charge in [-0.2, -0.15) is 26.3 Å². The molecule has 0 aliphatic carbocycles. The molecular formula is C75H67F18N15O18. The first kappa shape index (κ1) is 93.7. The molecule has 3 fully saturated rings. The van der Waals surface area contributed by atoms with E-state index in [1.807, 2.05) is 0 Å². The van der Waals surface area contributed by atoms with E-state index < -0.39 is 254 Å². The lowest BCUT2D eigenvalue weighted by Gasteiger charge is -2.45. The van der Waals surface area contributed by atoms with Crippen LogP contribution in [0, 0.1) is 39.3 Å². The van der Waals surface area contributed by atoms with Crippen molar-refractivity contribution in [2.24, 2.45) is 0 Å². The lowest BCUT2D eigenvalue weighted by molar-refractivity contribution is -0.265. The minimum Gasteiger partial charge on any atom is -0.477 e. The number of aliphatic carboxylic acids is 1. The number of alkyl halides is 16. The number of carbonyl (C=O) groups excluding carboxylic acids is 10. The van der Waals surface area contributed by atoms with Gasteiger partial charge >= 0.3 is 30.3 Å². The number of aromatic nitrogens is 10. The highest BCUT2D eigenvalue weighted by atomic mass is 19.4. The fraction of sp³-hybridized carbons (Fsp3) is 0.427. The Balaban J connectivity index is 0.000000167. The van der Waals surface area contributed by atoms with E-state index in [1.54, 1.807) is 22.8 Å². The third-order valence-electron chi connectivity index (χ3n) is 21.4. The summed E-state index contributed by atoms with van der Waals surface area (Å²) in [6.07, 6.45) is -20.4. The molecule has 676 valence electrons. The van der Waals surface area contributed by atoms with Crippen LogP contribution in [-0.4, -0.2) is 228 Å². The molecule has 0 unspecified atom stereocenters. The van der Waals surface area contributed by atoms with Crippen LogP contribution >= 0.6 is 0 Å². The summed E-state index contributed by atoms with van der Waals surface area (Å²) in [7, 11) is 0. The summed E-state index contributed by atoms with van der Waals surface area (Å²) in [5, 5.41) is 34.7. The number of hydrogen-bond donors (Lipinski definition) is 7. The predicted molar refractivity (Wildman–Crippen MR) is 388 cm³/mol. The molecule has 0 radical (unpaired) electrons. The Kier molecular flexibility index (Phi) is 25.9. The molecule has 3 saturated heterocycles. The van der Waals surface area contributed by atoms with Crippen molar-refractivity contribution in [3.63, 3.8) is 0 Å². The molecule has 7 aliphatic rings. The van der Waals surface area contributed by atoms with Gasteiger partial charge in [-0.1, -0.05) is 7.43 Å². The van der Waals surface area contributed by atoms with Crippen LogP contribution in [0.2, 0.25) is 0 Å². The second kappa shape index (κ2) is 34.9. The van der Waals surface area contributed by atoms with Crippen LogP contribution in [0.4, 0.5) is 90.4 Å². The maximum Gasteiger partial charge on any atom is 0.416 e. The van der Waals surface area contributed by atoms with Gasteiger partial charge in [0.05, 0.1) is 99.4 Å². The van der Waals surface area contributed by atoms with E-state index in [0.717, 1.165) is 38.5 Å². The number of carboxylic acids is 2. The van der Waals surface area contributed by atoms with Crippen molar-refractivity contribution in [1.29, 1.82) is 0 Å². The van der Waals surface area contributed by atoms with Crippen LogP contribution in [0.1, 0.15) is 167 Å². The number of Topliss-reactive ketones (excluding diaryl/α,β-unsaturated/α-hetero) is 4. The number of carbonyl (C=O) groups is 12. The van der Waals surface area contributed by atoms with Crippen molar-refractivity contribution in [1.82, 2.24) is 64.3 Å². The maximum absolute atomic E-state index is 14.3. The van der Waals surface area contributed by atoms with Crippen LogP contribution in [0.25, 0.3) is 11.2 Å². The summed E-state index contributed by atoms with van der Waals surface area (Å²) in [4.78, 5) is 165. The molecule has 5 amide bonds. The normalized spacial score (nSPS) is 18.3. The van der Waals surface area contributed by atoms with Gasteiger partial charge in [0.2, 0.25) is 5.65 Å². The van der Waals surface area contributed by atoms with Gasteiger partial charge in [-0.05, 0) is 84.3 Å². The van der Waals surface area contributed by atoms with Gasteiger partial charge in [0, 0.05) is 74.0 Å². The Labute approximate surface area is 693 Å². The highest BCUT2D eigenvalue weighted by Crippen LogP contribution is 2.42. The summed E-state index contributed by atoms with van der Waals surface area (Å²) in [5.74, 6) is -22.4. The average Bonchev–Trinajstić information content (AvgIpc) is 1.36. The second-order valence-electron chi connectivity index (χ2n) is 29.5. The molecule has 51 heteroatoms. The molecule has 8 aromatic heterocycles. The molecule has 8 aromatic rings. The Hall–Kier alpha value is -13.0. The van der Waals surface area contributed by atoms with Crippen molar-refractivity contribution in [2.75, 3.05) is 50.3 Å². The number of nitrogens with one attached hydrogen (secondary N) is 5. The first-order chi connectivity index (χ1) is 58.4. The van der Waals surface area contributed by atoms with E-state index >= 15 is 0 Å². The topological polar surface area (TPSA) is 431 Å². The number of hydrogen-bond acceptors (Lipinski definition) is 21. The molecule has 4 atom stereocenters. The summed E-state index contributed by atoms with van der Waals surface area (Å²) < 4.78 is 263. The molecular weight excluding hydrogens is 1740 g/mol.